The standard InChI is InChI=1S/C16H21NOS/c1-4-14-10-11-15(19-14)16(17-5-2)12-6-8-13(18-3)9-7-12/h6-11,16-17H,4-5H2,1-3H3. The number of hydrogen-bond donors (Lipinski definition) is 1. The van der Waals surface area contributed by atoms with Gasteiger partial charge in [0.25, 0.3) is 0 Å². The van der Waals surface area contributed by atoms with Crippen molar-refractivity contribution in [3.8, 4) is 5.75 Å². The monoisotopic (exact) mass is 275 g/mol. The summed E-state index contributed by atoms with van der Waals surface area (Å²) >= 11 is 1.89. The third kappa shape index (κ3) is 3.37. The summed E-state index contributed by atoms with van der Waals surface area (Å²) in [4.78, 5) is 2.82. The predicted molar refractivity (Wildman–Crippen MR) is 82.2 cm³/mol. The lowest BCUT2D eigenvalue weighted by atomic mass is 10.1. The second-order valence-corrected chi connectivity index (χ2v) is 5.62. The van der Waals surface area contributed by atoms with E-state index in [1.807, 2.05) is 23.5 Å². The molecular weight excluding hydrogens is 254 g/mol. The number of nitrogens with one attached hydrogen (secondary N) is 1. The van der Waals surface area contributed by atoms with Crippen LogP contribution in [0, 0.1) is 0 Å². The molecule has 1 atom stereocenters. The molecule has 0 aliphatic rings. The van der Waals surface area contributed by atoms with Crippen molar-refractivity contribution < 1.29 is 4.74 Å². The number of benzene rings is 1. The van der Waals surface area contributed by atoms with E-state index in [4.69, 9.17) is 4.74 Å². The van der Waals surface area contributed by atoms with Crippen LogP contribution in [-0.2, 0) is 6.42 Å². The van der Waals surface area contributed by atoms with Crippen molar-refractivity contribution in [2.45, 2.75) is 26.3 Å². The van der Waals surface area contributed by atoms with Gasteiger partial charge < -0.3 is 10.1 Å². The molecule has 0 aliphatic heterocycles. The van der Waals surface area contributed by atoms with Crippen LogP contribution in [0.25, 0.3) is 0 Å². The van der Waals surface area contributed by atoms with Crippen molar-refractivity contribution in [3.63, 3.8) is 0 Å². The Bertz CT molecular complexity index is 504. The molecule has 102 valence electrons. The summed E-state index contributed by atoms with van der Waals surface area (Å²) in [6, 6.07) is 13.1. The average molecular weight is 275 g/mol. The first kappa shape index (κ1) is 14.1. The fourth-order valence-electron chi connectivity index (χ4n) is 2.12. The van der Waals surface area contributed by atoms with Gasteiger partial charge in [-0.1, -0.05) is 26.0 Å². The quantitative estimate of drug-likeness (QED) is 0.860. The molecule has 0 aliphatic carbocycles. The first-order valence-corrected chi connectivity index (χ1v) is 7.56. The van der Waals surface area contributed by atoms with Crippen LogP contribution < -0.4 is 10.1 Å². The van der Waals surface area contributed by atoms with Gasteiger partial charge in [-0.3, -0.25) is 0 Å². The number of methoxy groups -OCH3 is 1. The minimum atomic E-state index is 0.279. The van der Waals surface area contributed by atoms with Crippen LogP contribution in [0.4, 0.5) is 0 Å². The van der Waals surface area contributed by atoms with E-state index in [-0.39, 0.29) is 6.04 Å². The molecule has 1 aromatic carbocycles. The average Bonchev–Trinajstić information content (AvgIpc) is 2.93. The Balaban J connectivity index is 2.27. The van der Waals surface area contributed by atoms with Crippen LogP contribution >= 0.6 is 11.3 Å². The van der Waals surface area contributed by atoms with E-state index in [1.165, 1.54) is 15.3 Å². The Morgan fingerprint density at radius 3 is 2.37 bits per heavy atom. The van der Waals surface area contributed by atoms with Crippen LogP contribution in [0.3, 0.4) is 0 Å². The lowest BCUT2D eigenvalue weighted by Crippen LogP contribution is -2.20. The summed E-state index contributed by atoms with van der Waals surface area (Å²) in [5.74, 6) is 0.902. The second-order valence-electron chi connectivity index (χ2n) is 4.42. The third-order valence-electron chi connectivity index (χ3n) is 3.17. The fourth-order valence-corrected chi connectivity index (χ4v) is 3.18. The maximum Gasteiger partial charge on any atom is 0.118 e. The first-order valence-electron chi connectivity index (χ1n) is 6.74. The zero-order valence-corrected chi connectivity index (χ0v) is 12.6. The molecule has 1 heterocycles. The molecule has 3 heteroatoms. The van der Waals surface area contributed by atoms with Gasteiger partial charge in [0.15, 0.2) is 0 Å². The summed E-state index contributed by atoms with van der Waals surface area (Å²) in [5, 5.41) is 3.56. The first-order chi connectivity index (χ1) is 9.28. The molecule has 1 unspecified atom stereocenters. The minimum Gasteiger partial charge on any atom is -0.497 e. The van der Waals surface area contributed by atoms with Gasteiger partial charge in [-0.15, -0.1) is 11.3 Å². The zero-order chi connectivity index (χ0) is 13.7. The number of hydrogen-bond acceptors (Lipinski definition) is 3. The second kappa shape index (κ2) is 6.73. The molecule has 0 saturated heterocycles. The number of rotatable bonds is 6. The van der Waals surface area contributed by atoms with Crippen LogP contribution in [0.1, 0.15) is 35.2 Å². The van der Waals surface area contributed by atoms with E-state index >= 15 is 0 Å². The highest BCUT2D eigenvalue weighted by Crippen LogP contribution is 2.29. The highest BCUT2D eigenvalue weighted by molar-refractivity contribution is 7.12. The smallest absolute Gasteiger partial charge is 0.118 e. The van der Waals surface area contributed by atoms with Crippen molar-refractivity contribution in [3.05, 3.63) is 51.7 Å². The zero-order valence-electron chi connectivity index (χ0n) is 11.8. The van der Waals surface area contributed by atoms with Gasteiger partial charge in [0.2, 0.25) is 0 Å². The maximum absolute atomic E-state index is 5.22. The molecule has 1 N–H and O–H groups in total. The normalized spacial score (nSPS) is 12.4. The molecule has 2 nitrogen and oxygen atoms in total. The van der Waals surface area contributed by atoms with E-state index in [2.05, 4.69) is 43.4 Å². The maximum atomic E-state index is 5.22. The molecule has 0 fully saturated rings. The third-order valence-corrected chi connectivity index (χ3v) is 4.47. The van der Waals surface area contributed by atoms with Crippen molar-refractivity contribution >= 4 is 11.3 Å². The highest BCUT2D eigenvalue weighted by Gasteiger charge is 2.15. The van der Waals surface area contributed by atoms with E-state index < -0.39 is 0 Å². The van der Waals surface area contributed by atoms with Gasteiger partial charge >= 0.3 is 0 Å². The van der Waals surface area contributed by atoms with Crippen LogP contribution in [0.15, 0.2) is 36.4 Å². The summed E-state index contributed by atoms with van der Waals surface area (Å²) in [6.07, 6.45) is 1.10. The molecule has 0 bridgehead atoms. The molecule has 0 amide bonds. The van der Waals surface area contributed by atoms with Crippen molar-refractivity contribution in [1.29, 1.82) is 0 Å². The Hall–Kier alpha value is -1.32. The van der Waals surface area contributed by atoms with Gasteiger partial charge in [-0.05, 0) is 42.8 Å². The lowest BCUT2D eigenvalue weighted by molar-refractivity contribution is 0.414. The molecule has 0 radical (unpaired) electrons. The van der Waals surface area contributed by atoms with E-state index in [0.29, 0.717) is 0 Å². The van der Waals surface area contributed by atoms with Gasteiger partial charge in [-0.2, -0.15) is 0 Å². The molecule has 2 aromatic rings. The number of ether oxygens (including phenoxy) is 1. The summed E-state index contributed by atoms with van der Waals surface area (Å²) < 4.78 is 5.22. The molecule has 2 rings (SSSR count). The van der Waals surface area contributed by atoms with Gasteiger partial charge in [0, 0.05) is 9.75 Å². The van der Waals surface area contributed by atoms with E-state index in [1.54, 1.807) is 7.11 Å². The summed E-state index contributed by atoms with van der Waals surface area (Å²) in [7, 11) is 1.70. The lowest BCUT2D eigenvalue weighted by Gasteiger charge is -2.17. The number of aryl methyl sites for hydroxylation is 1. The Morgan fingerprint density at radius 2 is 1.84 bits per heavy atom. The molecule has 1 aromatic heterocycles. The summed E-state index contributed by atoms with van der Waals surface area (Å²) in [6.45, 7) is 5.30. The van der Waals surface area contributed by atoms with Gasteiger partial charge in [-0.25, -0.2) is 0 Å². The van der Waals surface area contributed by atoms with Crippen molar-refractivity contribution in [2.75, 3.05) is 13.7 Å². The fraction of sp³-hybridized carbons (Fsp3) is 0.375. The van der Waals surface area contributed by atoms with Crippen LogP contribution in [0.2, 0.25) is 0 Å². The molecular formula is C16H21NOS. The predicted octanol–water partition coefficient (Wildman–Crippen LogP) is 4.02. The van der Waals surface area contributed by atoms with Crippen LogP contribution in [0.5, 0.6) is 5.75 Å². The van der Waals surface area contributed by atoms with Crippen molar-refractivity contribution in [1.82, 2.24) is 5.32 Å². The van der Waals surface area contributed by atoms with Crippen molar-refractivity contribution in [2.24, 2.45) is 0 Å². The van der Waals surface area contributed by atoms with E-state index in [0.717, 1.165) is 18.7 Å². The highest BCUT2D eigenvalue weighted by atomic mass is 32.1. The largest absolute Gasteiger partial charge is 0.497 e. The van der Waals surface area contributed by atoms with Gasteiger partial charge in [0.05, 0.1) is 13.2 Å². The van der Waals surface area contributed by atoms with Gasteiger partial charge in [0.1, 0.15) is 5.75 Å². The number of thiophene rings is 1. The molecule has 0 spiro atoms. The van der Waals surface area contributed by atoms with Crippen LogP contribution in [-0.4, -0.2) is 13.7 Å². The Kier molecular flexibility index (Phi) is 5.00. The molecule has 19 heavy (non-hydrogen) atoms. The topological polar surface area (TPSA) is 21.3 Å². The SMILES string of the molecule is CCNC(c1ccc(OC)cc1)c1ccc(CC)s1. The Labute approximate surface area is 119 Å². The Morgan fingerprint density at radius 1 is 1.11 bits per heavy atom. The molecule has 0 saturated carbocycles. The summed E-state index contributed by atoms with van der Waals surface area (Å²) in [5.41, 5.74) is 1.28. The van der Waals surface area contributed by atoms with E-state index in [9.17, 15) is 0 Å². The minimum absolute atomic E-state index is 0.279.